The summed E-state index contributed by atoms with van der Waals surface area (Å²) in [6, 6.07) is 6.12. The second-order valence-corrected chi connectivity index (χ2v) is 5.89. The van der Waals surface area contributed by atoms with Crippen molar-refractivity contribution in [3.63, 3.8) is 0 Å². The fraction of sp³-hybridized carbons (Fsp3) is 0.438. The third-order valence-electron chi connectivity index (χ3n) is 3.79. The van der Waals surface area contributed by atoms with Crippen molar-refractivity contribution in [2.75, 3.05) is 36.5 Å². The first-order chi connectivity index (χ1) is 11.1. The molecule has 0 saturated carbocycles. The van der Waals surface area contributed by atoms with Crippen LogP contribution in [0.5, 0.6) is 0 Å². The Hall–Kier alpha value is -2.41. The van der Waals surface area contributed by atoms with Gasteiger partial charge in [-0.15, -0.1) is 10.2 Å². The number of carbonyl (C=O) groups is 1. The molecular weight excluding hydrogens is 294 g/mol. The number of rotatable bonds is 4. The minimum absolute atomic E-state index is 0.146. The molecule has 0 aliphatic carbocycles. The lowest BCUT2D eigenvalue weighted by atomic mass is 10.1. The number of carbonyl (C=O) groups excluding carboxylic acids is 1. The highest BCUT2D eigenvalue weighted by Crippen LogP contribution is 2.29. The molecule has 2 aromatic rings. The van der Waals surface area contributed by atoms with E-state index in [4.69, 9.17) is 10.5 Å². The molecule has 7 nitrogen and oxygen atoms in total. The highest BCUT2D eigenvalue weighted by atomic mass is 16.5. The largest absolute Gasteiger partial charge is 0.380 e. The van der Waals surface area contributed by atoms with Gasteiger partial charge in [-0.2, -0.15) is 0 Å². The lowest BCUT2D eigenvalue weighted by molar-refractivity contribution is 0.0995. The molecule has 1 amide bonds. The van der Waals surface area contributed by atoms with Crippen LogP contribution in [0.1, 0.15) is 24.3 Å². The summed E-state index contributed by atoms with van der Waals surface area (Å²) in [5, 5.41) is 12.2. The number of ether oxygens (including phenoxy) is 1. The molecule has 122 valence electrons. The van der Waals surface area contributed by atoms with Crippen molar-refractivity contribution in [1.29, 1.82) is 0 Å². The zero-order valence-electron chi connectivity index (χ0n) is 13.4. The standard InChI is InChI=1S/C16H21N5O2/c1-10(2)18-14-12-9-11(21-5-7-23-8-6-21)3-4-13(12)19-20-15(14)16(17)22/h3-4,9-10H,5-8H2,1-2H3,(H2,17,22)(H,18,19). The second kappa shape index (κ2) is 6.37. The number of morpholine rings is 1. The van der Waals surface area contributed by atoms with Gasteiger partial charge < -0.3 is 20.7 Å². The van der Waals surface area contributed by atoms with Crippen LogP contribution in [0.2, 0.25) is 0 Å². The highest BCUT2D eigenvalue weighted by molar-refractivity contribution is 6.05. The van der Waals surface area contributed by atoms with E-state index >= 15 is 0 Å². The number of benzene rings is 1. The molecular formula is C16H21N5O2. The SMILES string of the molecule is CC(C)Nc1c(C(N)=O)nnc2ccc(N3CCOCC3)cc12. The summed E-state index contributed by atoms with van der Waals surface area (Å²) in [6.45, 7) is 7.14. The lowest BCUT2D eigenvalue weighted by Gasteiger charge is -2.29. The number of nitrogens with one attached hydrogen (secondary N) is 1. The van der Waals surface area contributed by atoms with Gasteiger partial charge in [0.2, 0.25) is 0 Å². The summed E-state index contributed by atoms with van der Waals surface area (Å²) < 4.78 is 5.40. The van der Waals surface area contributed by atoms with E-state index in [1.807, 2.05) is 32.0 Å². The Morgan fingerprint density at radius 1 is 1.30 bits per heavy atom. The molecule has 1 aromatic carbocycles. The van der Waals surface area contributed by atoms with Crippen molar-refractivity contribution < 1.29 is 9.53 Å². The lowest BCUT2D eigenvalue weighted by Crippen LogP contribution is -2.36. The van der Waals surface area contributed by atoms with Gasteiger partial charge in [-0.25, -0.2) is 0 Å². The van der Waals surface area contributed by atoms with Gasteiger partial charge in [0, 0.05) is 30.2 Å². The summed E-state index contributed by atoms with van der Waals surface area (Å²) in [6.07, 6.45) is 0. The normalized spacial score (nSPS) is 15.2. The summed E-state index contributed by atoms with van der Waals surface area (Å²) in [7, 11) is 0. The fourth-order valence-corrected chi connectivity index (χ4v) is 2.72. The predicted octanol–water partition coefficient (Wildman–Crippen LogP) is 1.39. The van der Waals surface area contributed by atoms with E-state index in [0.717, 1.165) is 42.9 Å². The maximum absolute atomic E-state index is 11.7. The van der Waals surface area contributed by atoms with Crippen molar-refractivity contribution >= 4 is 28.2 Å². The first-order valence-electron chi connectivity index (χ1n) is 7.75. The van der Waals surface area contributed by atoms with Crippen molar-refractivity contribution in [3.05, 3.63) is 23.9 Å². The topological polar surface area (TPSA) is 93.4 Å². The molecule has 0 spiro atoms. The van der Waals surface area contributed by atoms with Crippen LogP contribution < -0.4 is 16.0 Å². The molecule has 1 aliphatic rings. The molecule has 1 fully saturated rings. The van der Waals surface area contributed by atoms with Gasteiger partial charge in [0.05, 0.1) is 24.4 Å². The van der Waals surface area contributed by atoms with E-state index < -0.39 is 5.91 Å². The number of hydrogen-bond donors (Lipinski definition) is 2. The molecule has 1 aliphatic heterocycles. The summed E-state index contributed by atoms with van der Waals surface area (Å²) in [4.78, 5) is 13.9. The van der Waals surface area contributed by atoms with E-state index in [2.05, 4.69) is 20.4 Å². The summed E-state index contributed by atoms with van der Waals surface area (Å²) in [5.41, 5.74) is 8.08. The summed E-state index contributed by atoms with van der Waals surface area (Å²) >= 11 is 0. The first-order valence-corrected chi connectivity index (χ1v) is 7.75. The zero-order chi connectivity index (χ0) is 16.4. The highest BCUT2D eigenvalue weighted by Gasteiger charge is 2.18. The molecule has 0 atom stereocenters. The Kier molecular flexibility index (Phi) is 4.29. The number of amides is 1. The van der Waals surface area contributed by atoms with Gasteiger partial charge in [0.25, 0.3) is 5.91 Å². The van der Waals surface area contributed by atoms with Crippen LogP contribution in [0, 0.1) is 0 Å². The minimum atomic E-state index is -0.584. The monoisotopic (exact) mass is 315 g/mol. The Morgan fingerprint density at radius 2 is 2.04 bits per heavy atom. The molecule has 3 N–H and O–H groups in total. The Morgan fingerprint density at radius 3 is 2.70 bits per heavy atom. The quantitative estimate of drug-likeness (QED) is 0.885. The number of fused-ring (bicyclic) bond motifs is 1. The van der Waals surface area contributed by atoms with Gasteiger partial charge >= 0.3 is 0 Å². The van der Waals surface area contributed by atoms with Gasteiger partial charge in [-0.3, -0.25) is 4.79 Å². The number of aromatic nitrogens is 2. The minimum Gasteiger partial charge on any atom is -0.380 e. The molecule has 7 heteroatoms. The first kappa shape index (κ1) is 15.5. The third kappa shape index (κ3) is 3.19. The van der Waals surface area contributed by atoms with Crippen molar-refractivity contribution in [2.24, 2.45) is 5.73 Å². The van der Waals surface area contributed by atoms with E-state index in [-0.39, 0.29) is 11.7 Å². The smallest absolute Gasteiger partial charge is 0.271 e. The van der Waals surface area contributed by atoms with Gasteiger partial charge in [0.15, 0.2) is 5.69 Å². The zero-order valence-corrected chi connectivity index (χ0v) is 13.4. The molecule has 1 saturated heterocycles. The van der Waals surface area contributed by atoms with E-state index in [1.165, 1.54) is 0 Å². The molecule has 23 heavy (non-hydrogen) atoms. The van der Waals surface area contributed by atoms with Crippen LogP contribution in [-0.4, -0.2) is 48.4 Å². The third-order valence-corrected chi connectivity index (χ3v) is 3.79. The van der Waals surface area contributed by atoms with Gasteiger partial charge in [-0.1, -0.05) is 0 Å². The molecule has 0 radical (unpaired) electrons. The predicted molar refractivity (Wildman–Crippen MR) is 89.8 cm³/mol. The molecule has 0 bridgehead atoms. The van der Waals surface area contributed by atoms with Crippen molar-refractivity contribution in [1.82, 2.24) is 10.2 Å². The maximum atomic E-state index is 11.7. The van der Waals surface area contributed by atoms with Crippen LogP contribution in [0.4, 0.5) is 11.4 Å². The Labute approximate surface area is 134 Å². The number of nitrogens with zero attached hydrogens (tertiary/aromatic N) is 3. The maximum Gasteiger partial charge on any atom is 0.271 e. The van der Waals surface area contributed by atoms with Crippen LogP contribution in [-0.2, 0) is 4.74 Å². The van der Waals surface area contributed by atoms with Gasteiger partial charge in [-0.05, 0) is 32.0 Å². The van der Waals surface area contributed by atoms with Crippen LogP contribution in [0.15, 0.2) is 18.2 Å². The van der Waals surface area contributed by atoms with Crippen LogP contribution >= 0.6 is 0 Å². The Balaban J connectivity index is 2.12. The van der Waals surface area contributed by atoms with E-state index in [0.29, 0.717) is 5.69 Å². The Bertz CT molecular complexity index is 726. The van der Waals surface area contributed by atoms with E-state index in [9.17, 15) is 4.79 Å². The van der Waals surface area contributed by atoms with Gasteiger partial charge in [0.1, 0.15) is 0 Å². The van der Waals surface area contributed by atoms with Crippen LogP contribution in [0.3, 0.4) is 0 Å². The second-order valence-electron chi connectivity index (χ2n) is 5.89. The molecule has 2 heterocycles. The molecule has 3 rings (SSSR count). The average Bonchev–Trinajstić information content (AvgIpc) is 2.55. The molecule has 1 aromatic heterocycles. The van der Waals surface area contributed by atoms with Crippen LogP contribution in [0.25, 0.3) is 10.9 Å². The number of primary amides is 1. The van der Waals surface area contributed by atoms with Crippen molar-refractivity contribution in [3.8, 4) is 0 Å². The fourth-order valence-electron chi connectivity index (χ4n) is 2.72. The number of hydrogen-bond acceptors (Lipinski definition) is 6. The average molecular weight is 315 g/mol. The van der Waals surface area contributed by atoms with Crippen molar-refractivity contribution in [2.45, 2.75) is 19.9 Å². The molecule has 0 unspecified atom stereocenters. The summed E-state index contributed by atoms with van der Waals surface area (Å²) in [5.74, 6) is -0.584. The van der Waals surface area contributed by atoms with E-state index in [1.54, 1.807) is 0 Å². The number of anilines is 2. The number of nitrogens with two attached hydrogens (primary N) is 1.